The van der Waals surface area contributed by atoms with E-state index >= 15 is 0 Å². The Kier molecular flexibility index (Phi) is 6.12. The first-order valence-electron chi connectivity index (χ1n) is 7.27. The van der Waals surface area contributed by atoms with Gasteiger partial charge in [-0.15, -0.1) is 11.3 Å². The Balaban J connectivity index is 2.22. The summed E-state index contributed by atoms with van der Waals surface area (Å²) in [4.78, 5) is 1.38. The molecule has 0 spiro atoms. The largest absolute Gasteiger partial charge is 0.302 e. The molecule has 4 heteroatoms. The summed E-state index contributed by atoms with van der Waals surface area (Å²) in [6.07, 6.45) is 1.01. The van der Waals surface area contributed by atoms with Gasteiger partial charge in [-0.1, -0.05) is 56.1 Å². The van der Waals surface area contributed by atoms with E-state index in [2.05, 4.69) is 49.7 Å². The van der Waals surface area contributed by atoms with Crippen LogP contribution in [0.1, 0.15) is 49.7 Å². The summed E-state index contributed by atoms with van der Waals surface area (Å²) < 4.78 is 0. The van der Waals surface area contributed by atoms with Crippen molar-refractivity contribution in [1.29, 1.82) is 0 Å². The van der Waals surface area contributed by atoms with Crippen LogP contribution in [-0.2, 0) is 0 Å². The quantitative estimate of drug-likeness (QED) is 0.632. The lowest BCUT2D eigenvalue weighted by atomic mass is 9.98. The lowest BCUT2D eigenvalue weighted by molar-refractivity contribution is 0.361. The summed E-state index contributed by atoms with van der Waals surface area (Å²) in [6.45, 7) is 6.68. The van der Waals surface area contributed by atoms with Crippen LogP contribution >= 0.6 is 34.5 Å². The van der Waals surface area contributed by atoms with Crippen molar-refractivity contribution in [2.45, 2.75) is 39.3 Å². The molecule has 1 N–H and O–H groups in total. The summed E-state index contributed by atoms with van der Waals surface area (Å²) in [5, 5.41) is 7.13. The second kappa shape index (κ2) is 7.64. The Bertz CT molecular complexity index is 566. The van der Waals surface area contributed by atoms with E-state index in [0.717, 1.165) is 6.42 Å². The van der Waals surface area contributed by atoms with Crippen LogP contribution in [0.4, 0.5) is 0 Å². The highest BCUT2D eigenvalue weighted by molar-refractivity contribution is 7.10. The maximum atomic E-state index is 6.16. The molecule has 0 saturated carbocycles. The molecular formula is C17H21Cl2NS. The van der Waals surface area contributed by atoms with Gasteiger partial charge in [-0.25, -0.2) is 0 Å². The van der Waals surface area contributed by atoms with Gasteiger partial charge in [0.1, 0.15) is 0 Å². The lowest BCUT2D eigenvalue weighted by Gasteiger charge is -2.28. The molecular weight excluding hydrogens is 321 g/mol. The molecule has 1 aromatic carbocycles. The van der Waals surface area contributed by atoms with Crippen LogP contribution in [0.3, 0.4) is 0 Å². The van der Waals surface area contributed by atoms with Crippen molar-refractivity contribution in [3.05, 3.63) is 56.2 Å². The zero-order valence-electron chi connectivity index (χ0n) is 12.6. The lowest BCUT2D eigenvalue weighted by Crippen LogP contribution is -2.29. The van der Waals surface area contributed by atoms with Gasteiger partial charge in [-0.3, -0.25) is 0 Å². The molecule has 2 atom stereocenters. The van der Waals surface area contributed by atoms with E-state index < -0.39 is 0 Å². The number of nitrogens with one attached hydrogen (secondary N) is 1. The van der Waals surface area contributed by atoms with Crippen molar-refractivity contribution >= 4 is 34.5 Å². The Hall–Kier alpha value is -0.540. The topological polar surface area (TPSA) is 12.0 Å². The van der Waals surface area contributed by atoms with Crippen LogP contribution in [0.5, 0.6) is 0 Å². The fourth-order valence-electron chi connectivity index (χ4n) is 2.47. The molecule has 0 aliphatic carbocycles. The van der Waals surface area contributed by atoms with E-state index in [-0.39, 0.29) is 6.04 Å². The fraction of sp³-hybridized carbons (Fsp3) is 0.412. The van der Waals surface area contributed by atoms with Crippen molar-refractivity contribution in [2.75, 3.05) is 0 Å². The molecule has 2 unspecified atom stereocenters. The second-order valence-corrected chi connectivity index (χ2v) is 7.33. The smallest absolute Gasteiger partial charge is 0.0595 e. The normalized spacial score (nSPS) is 14.4. The van der Waals surface area contributed by atoms with Crippen LogP contribution in [0.25, 0.3) is 0 Å². The van der Waals surface area contributed by atoms with Gasteiger partial charge < -0.3 is 5.32 Å². The molecule has 0 amide bonds. The predicted molar refractivity (Wildman–Crippen MR) is 94.5 cm³/mol. The molecule has 0 radical (unpaired) electrons. The highest BCUT2D eigenvalue weighted by atomic mass is 35.5. The first kappa shape index (κ1) is 16.8. The van der Waals surface area contributed by atoms with Crippen molar-refractivity contribution in [3.63, 3.8) is 0 Å². The standard InChI is InChI=1S/C17H21Cl2NS/c1-4-15(12-7-8-13(18)14(19)10-12)20-17(11(2)3)16-6-5-9-21-16/h5-11,15,17,20H,4H2,1-3H3. The van der Waals surface area contributed by atoms with Gasteiger partial charge in [0.25, 0.3) is 0 Å². The molecule has 2 aromatic rings. The van der Waals surface area contributed by atoms with Crippen LogP contribution < -0.4 is 5.32 Å². The first-order valence-corrected chi connectivity index (χ1v) is 8.90. The number of hydrogen-bond acceptors (Lipinski definition) is 2. The van der Waals surface area contributed by atoms with Gasteiger partial charge >= 0.3 is 0 Å². The summed E-state index contributed by atoms with van der Waals surface area (Å²) in [6, 6.07) is 10.8. The summed E-state index contributed by atoms with van der Waals surface area (Å²) in [7, 11) is 0. The molecule has 0 aliphatic rings. The van der Waals surface area contributed by atoms with Gasteiger partial charge in [-0.2, -0.15) is 0 Å². The van der Waals surface area contributed by atoms with Gasteiger partial charge in [0.2, 0.25) is 0 Å². The Morgan fingerprint density at radius 2 is 1.90 bits per heavy atom. The van der Waals surface area contributed by atoms with Crippen molar-refractivity contribution in [2.24, 2.45) is 5.92 Å². The van der Waals surface area contributed by atoms with Gasteiger partial charge in [0.15, 0.2) is 0 Å². The third kappa shape index (κ3) is 4.23. The van der Waals surface area contributed by atoms with E-state index in [1.54, 1.807) is 11.3 Å². The van der Waals surface area contributed by atoms with Gasteiger partial charge in [0, 0.05) is 17.0 Å². The van der Waals surface area contributed by atoms with E-state index in [9.17, 15) is 0 Å². The summed E-state index contributed by atoms with van der Waals surface area (Å²) in [5.74, 6) is 0.528. The first-order chi connectivity index (χ1) is 10.0. The number of hydrogen-bond donors (Lipinski definition) is 1. The number of thiophene rings is 1. The molecule has 2 rings (SSSR count). The predicted octanol–water partition coefficient (Wildman–Crippen LogP) is 6.49. The Morgan fingerprint density at radius 3 is 2.43 bits per heavy atom. The number of halogens is 2. The van der Waals surface area contributed by atoms with Crippen molar-refractivity contribution in [1.82, 2.24) is 5.32 Å². The summed E-state index contributed by atoms with van der Waals surface area (Å²) >= 11 is 14.0. The Morgan fingerprint density at radius 1 is 1.14 bits per heavy atom. The van der Waals surface area contributed by atoms with E-state index in [1.807, 2.05) is 12.1 Å². The number of rotatable bonds is 6. The van der Waals surface area contributed by atoms with Crippen molar-refractivity contribution in [3.8, 4) is 0 Å². The molecule has 0 fully saturated rings. The highest BCUT2D eigenvalue weighted by Gasteiger charge is 2.21. The van der Waals surface area contributed by atoms with Gasteiger partial charge in [-0.05, 0) is 41.5 Å². The maximum Gasteiger partial charge on any atom is 0.0595 e. The van der Waals surface area contributed by atoms with Crippen LogP contribution in [0, 0.1) is 5.92 Å². The Labute approximate surface area is 141 Å². The average Bonchev–Trinajstić information content (AvgIpc) is 2.97. The molecule has 21 heavy (non-hydrogen) atoms. The fourth-order valence-corrected chi connectivity index (χ4v) is 3.73. The van der Waals surface area contributed by atoms with E-state index in [4.69, 9.17) is 23.2 Å². The highest BCUT2D eigenvalue weighted by Crippen LogP contribution is 2.32. The van der Waals surface area contributed by atoms with Crippen molar-refractivity contribution < 1.29 is 0 Å². The van der Waals surface area contributed by atoms with E-state index in [1.165, 1.54) is 10.4 Å². The third-order valence-corrected chi connectivity index (χ3v) is 5.35. The zero-order chi connectivity index (χ0) is 15.4. The van der Waals surface area contributed by atoms with Gasteiger partial charge in [0.05, 0.1) is 10.0 Å². The molecule has 1 aromatic heterocycles. The molecule has 0 saturated heterocycles. The SMILES string of the molecule is CCC(NC(c1cccs1)C(C)C)c1ccc(Cl)c(Cl)c1. The molecule has 1 heterocycles. The second-order valence-electron chi connectivity index (χ2n) is 5.54. The minimum Gasteiger partial charge on any atom is -0.302 e. The monoisotopic (exact) mass is 341 g/mol. The van der Waals surface area contributed by atoms with E-state index in [0.29, 0.717) is 22.0 Å². The molecule has 1 nitrogen and oxygen atoms in total. The molecule has 114 valence electrons. The summed E-state index contributed by atoms with van der Waals surface area (Å²) in [5.41, 5.74) is 1.19. The third-order valence-electron chi connectivity index (χ3n) is 3.65. The molecule has 0 aliphatic heterocycles. The molecule has 0 bridgehead atoms. The minimum atomic E-state index is 0.272. The maximum absolute atomic E-state index is 6.16. The minimum absolute atomic E-state index is 0.272. The average molecular weight is 342 g/mol. The van der Waals surface area contributed by atoms with Crippen LogP contribution in [0.2, 0.25) is 10.0 Å². The number of benzene rings is 1. The van der Waals surface area contributed by atoms with Crippen LogP contribution in [0.15, 0.2) is 35.7 Å². The zero-order valence-corrected chi connectivity index (χ0v) is 14.9. The van der Waals surface area contributed by atoms with Crippen LogP contribution in [-0.4, -0.2) is 0 Å².